The van der Waals surface area contributed by atoms with Crippen molar-refractivity contribution in [3.63, 3.8) is 0 Å². The third-order valence-electron chi connectivity index (χ3n) is 4.25. The predicted molar refractivity (Wildman–Crippen MR) is 73.1 cm³/mol. The van der Waals surface area contributed by atoms with E-state index in [0.29, 0.717) is 12.1 Å². The number of hydrogen-bond donors (Lipinski definition) is 1. The Bertz CT molecular complexity index is 332. The molecule has 2 unspecified atom stereocenters. The van der Waals surface area contributed by atoms with Crippen LogP contribution in [0, 0.1) is 0 Å². The fourth-order valence-corrected chi connectivity index (χ4v) is 2.71. The highest BCUT2D eigenvalue weighted by Crippen LogP contribution is 2.29. The summed E-state index contributed by atoms with van der Waals surface area (Å²) in [4.78, 5) is 2.54. The first-order valence-corrected chi connectivity index (χ1v) is 6.68. The third kappa shape index (κ3) is 2.70. The molecule has 0 spiro atoms. The van der Waals surface area contributed by atoms with Gasteiger partial charge in [0.15, 0.2) is 0 Å². The Labute approximate surface area is 105 Å². The number of rotatable bonds is 5. The maximum absolute atomic E-state index is 3.46. The molecule has 2 atom stereocenters. The van der Waals surface area contributed by atoms with E-state index in [1.807, 2.05) is 0 Å². The molecule has 0 saturated heterocycles. The molecule has 0 aromatic heterocycles. The molecule has 2 rings (SSSR count). The van der Waals surface area contributed by atoms with Crippen LogP contribution in [0.15, 0.2) is 30.3 Å². The molecule has 1 aliphatic carbocycles. The average Bonchev–Trinajstić information content (AvgIpc) is 2.29. The van der Waals surface area contributed by atoms with Crippen LogP contribution >= 0.6 is 0 Å². The van der Waals surface area contributed by atoms with Crippen molar-refractivity contribution >= 4 is 0 Å². The monoisotopic (exact) mass is 232 g/mol. The van der Waals surface area contributed by atoms with E-state index >= 15 is 0 Å². The Morgan fingerprint density at radius 1 is 1.24 bits per heavy atom. The summed E-state index contributed by atoms with van der Waals surface area (Å²) in [6.07, 6.45) is 4.13. The van der Waals surface area contributed by atoms with Crippen LogP contribution in [0.25, 0.3) is 0 Å². The van der Waals surface area contributed by atoms with Crippen LogP contribution < -0.4 is 5.32 Å². The van der Waals surface area contributed by atoms with Crippen molar-refractivity contribution in [3.8, 4) is 0 Å². The van der Waals surface area contributed by atoms with E-state index in [9.17, 15) is 0 Å². The maximum Gasteiger partial charge on any atom is 0.0472 e. The molecule has 1 fully saturated rings. The molecule has 94 valence electrons. The average molecular weight is 232 g/mol. The van der Waals surface area contributed by atoms with E-state index < -0.39 is 0 Å². The number of nitrogens with zero attached hydrogens (tertiary/aromatic N) is 1. The summed E-state index contributed by atoms with van der Waals surface area (Å²) < 4.78 is 0. The Kier molecular flexibility index (Phi) is 4.19. The Balaban J connectivity index is 2.07. The largest absolute Gasteiger partial charge is 0.312 e. The summed E-state index contributed by atoms with van der Waals surface area (Å²) in [7, 11) is 4.32. The molecule has 1 aliphatic rings. The normalized spacial score (nSPS) is 20.0. The Morgan fingerprint density at radius 2 is 1.88 bits per heavy atom. The van der Waals surface area contributed by atoms with Gasteiger partial charge in [-0.05, 0) is 39.4 Å². The Hall–Kier alpha value is -0.860. The number of hydrogen-bond acceptors (Lipinski definition) is 2. The molecule has 1 N–H and O–H groups in total. The first-order chi connectivity index (χ1) is 8.24. The molecule has 0 radical (unpaired) electrons. The van der Waals surface area contributed by atoms with Crippen LogP contribution in [-0.2, 0) is 0 Å². The zero-order chi connectivity index (χ0) is 12.3. The minimum Gasteiger partial charge on any atom is -0.312 e. The van der Waals surface area contributed by atoms with Crippen molar-refractivity contribution in [1.29, 1.82) is 0 Å². The van der Waals surface area contributed by atoms with E-state index in [1.165, 1.54) is 24.8 Å². The number of benzene rings is 1. The lowest BCUT2D eigenvalue weighted by Gasteiger charge is -2.41. The molecule has 1 aromatic carbocycles. The van der Waals surface area contributed by atoms with Gasteiger partial charge >= 0.3 is 0 Å². The van der Waals surface area contributed by atoms with E-state index in [0.717, 1.165) is 6.04 Å². The van der Waals surface area contributed by atoms with E-state index in [1.54, 1.807) is 0 Å². The van der Waals surface area contributed by atoms with Gasteiger partial charge in [0, 0.05) is 18.1 Å². The van der Waals surface area contributed by atoms with Crippen molar-refractivity contribution in [2.24, 2.45) is 0 Å². The van der Waals surface area contributed by atoms with Crippen LogP contribution in [0.4, 0.5) is 0 Å². The molecular formula is C15H24N2. The molecule has 1 aromatic rings. The van der Waals surface area contributed by atoms with Gasteiger partial charge in [0.25, 0.3) is 0 Å². The van der Waals surface area contributed by atoms with Crippen LogP contribution in [0.3, 0.4) is 0 Å². The summed E-state index contributed by atoms with van der Waals surface area (Å²) in [6, 6.07) is 12.5. The van der Waals surface area contributed by atoms with Crippen LogP contribution in [0.5, 0.6) is 0 Å². The van der Waals surface area contributed by atoms with Crippen molar-refractivity contribution in [1.82, 2.24) is 10.2 Å². The first-order valence-electron chi connectivity index (χ1n) is 6.68. The zero-order valence-corrected chi connectivity index (χ0v) is 11.2. The first kappa shape index (κ1) is 12.6. The van der Waals surface area contributed by atoms with Gasteiger partial charge in [-0.15, -0.1) is 0 Å². The van der Waals surface area contributed by atoms with Crippen LogP contribution in [-0.4, -0.2) is 31.1 Å². The highest BCUT2D eigenvalue weighted by molar-refractivity contribution is 5.20. The van der Waals surface area contributed by atoms with Gasteiger partial charge in [-0.1, -0.05) is 36.8 Å². The minimum atomic E-state index is 0.418. The fourth-order valence-electron chi connectivity index (χ4n) is 2.71. The fraction of sp³-hybridized carbons (Fsp3) is 0.600. The molecule has 0 aliphatic heterocycles. The van der Waals surface area contributed by atoms with Gasteiger partial charge in [-0.25, -0.2) is 0 Å². The van der Waals surface area contributed by atoms with Gasteiger partial charge in [-0.2, -0.15) is 0 Å². The van der Waals surface area contributed by atoms with Gasteiger partial charge in [0.05, 0.1) is 0 Å². The van der Waals surface area contributed by atoms with Gasteiger partial charge in [0.2, 0.25) is 0 Å². The van der Waals surface area contributed by atoms with E-state index in [2.05, 4.69) is 61.6 Å². The minimum absolute atomic E-state index is 0.418. The summed E-state index contributed by atoms with van der Waals surface area (Å²) in [5.41, 5.74) is 1.38. The second kappa shape index (κ2) is 5.65. The lowest BCUT2D eigenvalue weighted by Crippen LogP contribution is -2.47. The smallest absolute Gasteiger partial charge is 0.0472 e. The maximum atomic E-state index is 3.46. The second-order valence-electron chi connectivity index (χ2n) is 5.17. The molecule has 17 heavy (non-hydrogen) atoms. The SMILES string of the molecule is CNC(c1ccccc1)C(C)N(C)C1CCC1. The van der Waals surface area contributed by atoms with E-state index in [4.69, 9.17) is 0 Å². The zero-order valence-electron chi connectivity index (χ0n) is 11.2. The molecule has 1 saturated carbocycles. The lowest BCUT2D eigenvalue weighted by molar-refractivity contribution is 0.0977. The summed E-state index contributed by atoms with van der Waals surface area (Å²) >= 11 is 0. The van der Waals surface area contributed by atoms with Gasteiger partial charge < -0.3 is 5.32 Å². The number of nitrogens with one attached hydrogen (secondary N) is 1. The van der Waals surface area contributed by atoms with Crippen LogP contribution in [0.2, 0.25) is 0 Å². The van der Waals surface area contributed by atoms with Crippen molar-refractivity contribution in [2.45, 2.75) is 44.3 Å². The molecule has 2 heteroatoms. The Morgan fingerprint density at radius 3 is 2.35 bits per heavy atom. The third-order valence-corrected chi connectivity index (χ3v) is 4.25. The number of likely N-dealkylation sites (N-methyl/N-ethyl adjacent to an activating group) is 2. The topological polar surface area (TPSA) is 15.3 Å². The summed E-state index contributed by atoms with van der Waals surface area (Å²) in [6.45, 7) is 2.33. The molecular weight excluding hydrogens is 208 g/mol. The quantitative estimate of drug-likeness (QED) is 0.840. The van der Waals surface area contributed by atoms with Gasteiger partial charge in [0.1, 0.15) is 0 Å². The van der Waals surface area contributed by atoms with Crippen molar-refractivity contribution < 1.29 is 0 Å². The standard InChI is InChI=1S/C15H24N2/c1-12(17(3)14-10-7-11-14)15(16-2)13-8-5-4-6-9-13/h4-6,8-9,12,14-16H,7,10-11H2,1-3H3. The molecule has 0 heterocycles. The van der Waals surface area contributed by atoms with Crippen molar-refractivity contribution in [3.05, 3.63) is 35.9 Å². The summed E-state index contributed by atoms with van der Waals surface area (Å²) in [5, 5.41) is 3.46. The lowest BCUT2D eigenvalue weighted by atomic mass is 9.89. The molecule has 0 bridgehead atoms. The molecule has 0 amide bonds. The predicted octanol–water partition coefficient (Wildman–Crippen LogP) is 2.82. The van der Waals surface area contributed by atoms with E-state index in [-0.39, 0.29) is 0 Å². The van der Waals surface area contributed by atoms with Gasteiger partial charge in [-0.3, -0.25) is 4.90 Å². The highest BCUT2D eigenvalue weighted by Gasteiger charge is 2.29. The molecule has 2 nitrogen and oxygen atoms in total. The highest BCUT2D eigenvalue weighted by atomic mass is 15.2. The van der Waals surface area contributed by atoms with Crippen LogP contribution in [0.1, 0.15) is 37.8 Å². The van der Waals surface area contributed by atoms with Crippen molar-refractivity contribution in [2.75, 3.05) is 14.1 Å². The second-order valence-corrected chi connectivity index (χ2v) is 5.17. The summed E-state index contributed by atoms with van der Waals surface area (Å²) in [5.74, 6) is 0.